The van der Waals surface area contributed by atoms with E-state index in [1.807, 2.05) is 38.1 Å². The molecule has 1 fully saturated rings. The van der Waals surface area contributed by atoms with Crippen LogP contribution in [0, 0.1) is 0 Å². The Bertz CT molecular complexity index is 542. The summed E-state index contributed by atoms with van der Waals surface area (Å²) in [5.41, 5.74) is 0.639. The number of hydrogen-bond acceptors (Lipinski definition) is 4. The Labute approximate surface area is 142 Å². The third-order valence-corrected chi connectivity index (χ3v) is 4.65. The zero-order valence-electron chi connectivity index (χ0n) is 13.7. The molecule has 23 heavy (non-hydrogen) atoms. The second-order valence-corrected chi connectivity index (χ2v) is 7.04. The van der Waals surface area contributed by atoms with Crippen molar-refractivity contribution in [2.75, 3.05) is 18.8 Å². The second kappa shape index (κ2) is 8.93. The summed E-state index contributed by atoms with van der Waals surface area (Å²) in [7, 11) is 0. The predicted octanol–water partition coefficient (Wildman–Crippen LogP) is 1.79. The molecule has 1 aromatic rings. The maximum Gasteiger partial charge on any atom is 0.252 e. The fourth-order valence-corrected chi connectivity index (χ4v) is 3.39. The van der Waals surface area contributed by atoms with Gasteiger partial charge in [-0.15, -0.1) is 11.8 Å². The van der Waals surface area contributed by atoms with Crippen LogP contribution in [0.15, 0.2) is 29.2 Å². The van der Waals surface area contributed by atoms with Gasteiger partial charge in [0.2, 0.25) is 5.91 Å². The van der Waals surface area contributed by atoms with Crippen LogP contribution in [0.1, 0.15) is 37.0 Å². The van der Waals surface area contributed by atoms with Crippen molar-refractivity contribution in [3.63, 3.8) is 0 Å². The Hall–Kier alpha value is -1.53. The first-order valence-corrected chi connectivity index (χ1v) is 9.07. The first-order chi connectivity index (χ1) is 11.1. The highest BCUT2D eigenvalue weighted by Gasteiger charge is 2.18. The topological polar surface area (TPSA) is 70.2 Å². The molecular formula is C17H25N3O2S. The summed E-state index contributed by atoms with van der Waals surface area (Å²) in [6, 6.07) is 7.75. The summed E-state index contributed by atoms with van der Waals surface area (Å²) in [5, 5.41) is 9.23. The first kappa shape index (κ1) is 17.8. The minimum atomic E-state index is -0.0638. The van der Waals surface area contributed by atoms with Gasteiger partial charge in [0.05, 0.1) is 11.3 Å². The molecular weight excluding hydrogens is 310 g/mol. The lowest BCUT2D eigenvalue weighted by Gasteiger charge is -2.24. The van der Waals surface area contributed by atoms with E-state index in [1.54, 1.807) is 0 Å². The molecule has 5 nitrogen and oxygen atoms in total. The number of carbonyl (C=O) groups is 2. The molecule has 0 aromatic heterocycles. The van der Waals surface area contributed by atoms with E-state index < -0.39 is 0 Å². The minimum absolute atomic E-state index is 0.0170. The van der Waals surface area contributed by atoms with Crippen LogP contribution in [-0.4, -0.2) is 42.7 Å². The van der Waals surface area contributed by atoms with E-state index in [0.29, 0.717) is 11.3 Å². The van der Waals surface area contributed by atoms with Crippen molar-refractivity contribution in [3.8, 4) is 0 Å². The van der Waals surface area contributed by atoms with E-state index in [2.05, 4.69) is 16.0 Å². The molecule has 6 heteroatoms. The smallest absolute Gasteiger partial charge is 0.252 e. The van der Waals surface area contributed by atoms with Gasteiger partial charge in [-0.2, -0.15) is 0 Å². The number of piperidine rings is 1. The monoisotopic (exact) mass is 335 g/mol. The summed E-state index contributed by atoms with van der Waals surface area (Å²) in [6.45, 7) is 5.70. The van der Waals surface area contributed by atoms with E-state index in [0.717, 1.165) is 30.8 Å². The molecule has 0 radical (unpaired) electrons. The zero-order chi connectivity index (χ0) is 16.7. The highest BCUT2D eigenvalue weighted by Crippen LogP contribution is 2.22. The lowest BCUT2D eigenvalue weighted by molar-refractivity contribution is -0.119. The molecule has 1 saturated heterocycles. The van der Waals surface area contributed by atoms with Crippen LogP contribution >= 0.6 is 11.8 Å². The van der Waals surface area contributed by atoms with Gasteiger partial charge in [-0.1, -0.05) is 12.1 Å². The minimum Gasteiger partial charge on any atom is -0.353 e. The van der Waals surface area contributed by atoms with Gasteiger partial charge in [0, 0.05) is 23.5 Å². The molecule has 0 aliphatic carbocycles. The van der Waals surface area contributed by atoms with Crippen molar-refractivity contribution in [2.45, 2.75) is 43.7 Å². The van der Waals surface area contributed by atoms with Crippen LogP contribution in [0.3, 0.4) is 0 Å². The predicted molar refractivity (Wildman–Crippen MR) is 93.8 cm³/mol. The highest BCUT2D eigenvalue weighted by atomic mass is 32.2. The van der Waals surface area contributed by atoms with Gasteiger partial charge in [0.25, 0.3) is 5.91 Å². The number of nitrogens with one attached hydrogen (secondary N) is 3. The average molecular weight is 335 g/mol. The zero-order valence-corrected chi connectivity index (χ0v) is 14.5. The standard InChI is InChI=1S/C17H25N3O2S/c1-12(2)19-16(21)11-23-15-8-4-3-7-14(15)17(22)20-13-6-5-9-18-10-13/h3-4,7-8,12-13,18H,5-6,9-11H2,1-2H3,(H,19,21)(H,20,22). The fourth-order valence-electron chi connectivity index (χ4n) is 2.53. The molecule has 1 atom stereocenters. The number of thioether (sulfide) groups is 1. The number of hydrogen-bond donors (Lipinski definition) is 3. The Balaban J connectivity index is 1.96. The molecule has 1 aromatic carbocycles. The lowest BCUT2D eigenvalue weighted by Crippen LogP contribution is -2.45. The Morgan fingerprint density at radius 2 is 2.13 bits per heavy atom. The third kappa shape index (κ3) is 5.88. The van der Waals surface area contributed by atoms with E-state index in [9.17, 15) is 9.59 Å². The van der Waals surface area contributed by atoms with Gasteiger partial charge < -0.3 is 16.0 Å². The second-order valence-electron chi connectivity index (χ2n) is 6.02. The third-order valence-electron chi connectivity index (χ3n) is 3.57. The average Bonchev–Trinajstić information content (AvgIpc) is 2.53. The van der Waals surface area contributed by atoms with E-state index >= 15 is 0 Å². The molecule has 2 amide bonds. The molecule has 1 heterocycles. The van der Waals surface area contributed by atoms with Crippen molar-refractivity contribution >= 4 is 23.6 Å². The summed E-state index contributed by atoms with van der Waals surface area (Å²) in [5.74, 6) is 0.232. The van der Waals surface area contributed by atoms with Crippen LogP contribution in [0.2, 0.25) is 0 Å². The van der Waals surface area contributed by atoms with Crippen molar-refractivity contribution in [1.29, 1.82) is 0 Å². The maximum absolute atomic E-state index is 12.5. The first-order valence-electron chi connectivity index (χ1n) is 8.09. The van der Waals surface area contributed by atoms with E-state index in [1.165, 1.54) is 11.8 Å². The largest absolute Gasteiger partial charge is 0.353 e. The summed E-state index contributed by atoms with van der Waals surface area (Å²) in [6.07, 6.45) is 2.08. The molecule has 1 aliphatic heterocycles. The van der Waals surface area contributed by atoms with E-state index in [4.69, 9.17) is 0 Å². The summed E-state index contributed by atoms with van der Waals surface area (Å²) < 4.78 is 0. The Morgan fingerprint density at radius 1 is 1.35 bits per heavy atom. The number of benzene rings is 1. The van der Waals surface area contributed by atoms with Crippen molar-refractivity contribution in [1.82, 2.24) is 16.0 Å². The number of carbonyl (C=O) groups excluding carboxylic acids is 2. The van der Waals surface area contributed by atoms with Crippen molar-refractivity contribution < 1.29 is 9.59 Å². The molecule has 1 unspecified atom stereocenters. The fraction of sp³-hybridized carbons (Fsp3) is 0.529. The summed E-state index contributed by atoms with van der Waals surface area (Å²) in [4.78, 5) is 25.1. The number of amides is 2. The Morgan fingerprint density at radius 3 is 2.83 bits per heavy atom. The Kier molecular flexibility index (Phi) is 6.92. The van der Waals surface area contributed by atoms with Crippen LogP contribution < -0.4 is 16.0 Å². The normalized spacial score (nSPS) is 17.8. The van der Waals surface area contributed by atoms with Crippen molar-refractivity contribution in [3.05, 3.63) is 29.8 Å². The molecule has 0 bridgehead atoms. The number of rotatable bonds is 6. The van der Waals surface area contributed by atoms with Gasteiger partial charge in [-0.25, -0.2) is 0 Å². The molecule has 1 aliphatic rings. The van der Waals surface area contributed by atoms with E-state index in [-0.39, 0.29) is 23.9 Å². The van der Waals surface area contributed by atoms with Gasteiger partial charge in [-0.3, -0.25) is 9.59 Å². The molecule has 0 spiro atoms. The highest BCUT2D eigenvalue weighted by molar-refractivity contribution is 8.00. The van der Waals surface area contributed by atoms with Crippen LogP contribution in [0.25, 0.3) is 0 Å². The van der Waals surface area contributed by atoms with Crippen LogP contribution in [-0.2, 0) is 4.79 Å². The lowest BCUT2D eigenvalue weighted by atomic mass is 10.1. The van der Waals surface area contributed by atoms with Gasteiger partial charge in [0.1, 0.15) is 0 Å². The van der Waals surface area contributed by atoms with Crippen molar-refractivity contribution in [2.24, 2.45) is 0 Å². The quantitative estimate of drug-likeness (QED) is 0.693. The molecule has 126 valence electrons. The van der Waals surface area contributed by atoms with Gasteiger partial charge in [-0.05, 0) is 45.4 Å². The van der Waals surface area contributed by atoms with Crippen LogP contribution in [0.5, 0.6) is 0 Å². The molecule has 0 saturated carbocycles. The molecule has 2 rings (SSSR count). The van der Waals surface area contributed by atoms with Gasteiger partial charge in [0.15, 0.2) is 0 Å². The van der Waals surface area contributed by atoms with Crippen LogP contribution in [0.4, 0.5) is 0 Å². The van der Waals surface area contributed by atoms with Gasteiger partial charge >= 0.3 is 0 Å². The summed E-state index contributed by atoms with van der Waals surface area (Å²) >= 11 is 1.40. The molecule has 3 N–H and O–H groups in total. The SMILES string of the molecule is CC(C)NC(=O)CSc1ccccc1C(=O)NC1CCCNC1. The maximum atomic E-state index is 12.5.